The summed E-state index contributed by atoms with van der Waals surface area (Å²) in [5.74, 6) is 0. The van der Waals surface area contributed by atoms with Crippen molar-refractivity contribution in [3.63, 3.8) is 0 Å². The Labute approximate surface area is 108 Å². The summed E-state index contributed by atoms with van der Waals surface area (Å²) in [4.78, 5) is 7.76. The number of hydrogen-bond donors (Lipinski definition) is 2. The Balaban J connectivity index is 2.05. The van der Waals surface area contributed by atoms with Gasteiger partial charge in [-0.3, -0.25) is 0 Å². The van der Waals surface area contributed by atoms with Crippen LogP contribution in [0.1, 0.15) is 36.4 Å². The van der Waals surface area contributed by atoms with Gasteiger partial charge in [-0.05, 0) is 24.5 Å². The third-order valence-corrected chi connectivity index (χ3v) is 3.98. The second kappa shape index (κ2) is 4.25. The van der Waals surface area contributed by atoms with Crippen LogP contribution in [0.4, 0.5) is 0 Å². The van der Waals surface area contributed by atoms with Gasteiger partial charge in [0.05, 0.1) is 17.6 Å². The molecule has 3 nitrogen and oxygen atoms in total. The molecule has 2 aromatic rings. The molecule has 0 fully saturated rings. The molecule has 3 heteroatoms. The van der Waals surface area contributed by atoms with Crippen molar-refractivity contribution in [2.75, 3.05) is 6.54 Å². The van der Waals surface area contributed by atoms with Crippen molar-refractivity contribution < 1.29 is 0 Å². The predicted molar refractivity (Wildman–Crippen MR) is 72.6 cm³/mol. The zero-order chi connectivity index (χ0) is 12.6. The van der Waals surface area contributed by atoms with Crippen LogP contribution in [0.3, 0.4) is 0 Å². The number of nitrogens with one attached hydrogen (secondary N) is 2. The molecule has 0 amide bonds. The highest BCUT2D eigenvalue weighted by Gasteiger charge is 2.35. The Morgan fingerprint density at radius 2 is 2.06 bits per heavy atom. The molecule has 1 aliphatic rings. The van der Waals surface area contributed by atoms with Crippen molar-refractivity contribution in [2.45, 2.75) is 32.2 Å². The van der Waals surface area contributed by atoms with Gasteiger partial charge in [-0.1, -0.05) is 31.2 Å². The summed E-state index contributed by atoms with van der Waals surface area (Å²) in [5.41, 5.74) is 4.89. The number of fused-ring (bicyclic) bond motifs is 1. The molecule has 3 rings (SSSR count). The average molecular weight is 241 g/mol. The van der Waals surface area contributed by atoms with E-state index in [1.54, 1.807) is 6.33 Å². The van der Waals surface area contributed by atoms with Crippen LogP contribution in [0.15, 0.2) is 30.6 Å². The molecule has 0 aliphatic carbocycles. The smallest absolute Gasteiger partial charge is 0.0926 e. The highest BCUT2D eigenvalue weighted by molar-refractivity contribution is 5.39. The molecule has 2 N–H and O–H groups in total. The zero-order valence-electron chi connectivity index (χ0n) is 11.0. The fourth-order valence-corrected chi connectivity index (χ4v) is 2.78. The Morgan fingerprint density at radius 3 is 2.78 bits per heavy atom. The van der Waals surface area contributed by atoms with Crippen molar-refractivity contribution in [3.8, 4) is 0 Å². The Hall–Kier alpha value is -1.61. The number of aromatic amines is 1. The molecular weight excluding hydrogens is 222 g/mol. The first-order valence-corrected chi connectivity index (χ1v) is 6.61. The third kappa shape index (κ3) is 1.66. The lowest BCUT2D eigenvalue weighted by Gasteiger charge is -2.34. The van der Waals surface area contributed by atoms with Crippen LogP contribution in [0.2, 0.25) is 0 Å². The number of benzene rings is 1. The summed E-state index contributed by atoms with van der Waals surface area (Å²) in [7, 11) is 0. The van der Waals surface area contributed by atoms with E-state index in [9.17, 15) is 0 Å². The van der Waals surface area contributed by atoms with Gasteiger partial charge in [-0.2, -0.15) is 0 Å². The summed E-state index contributed by atoms with van der Waals surface area (Å²) in [6.07, 6.45) is 3.91. The first kappa shape index (κ1) is 11.5. The SMILES string of the molecule is CCc1ccc(C2(C)NCCc3[nH]cnc32)cc1. The maximum Gasteiger partial charge on any atom is 0.0926 e. The summed E-state index contributed by atoms with van der Waals surface area (Å²) >= 11 is 0. The van der Waals surface area contributed by atoms with E-state index in [2.05, 4.69) is 53.4 Å². The van der Waals surface area contributed by atoms with E-state index in [0.29, 0.717) is 0 Å². The number of rotatable bonds is 2. The summed E-state index contributed by atoms with van der Waals surface area (Å²) in [5, 5.41) is 3.61. The molecular formula is C15H19N3. The summed E-state index contributed by atoms with van der Waals surface area (Å²) in [6, 6.07) is 8.86. The molecule has 94 valence electrons. The van der Waals surface area contributed by atoms with Crippen LogP contribution in [-0.2, 0) is 18.4 Å². The number of aryl methyl sites for hydroxylation is 1. The van der Waals surface area contributed by atoms with Gasteiger partial charge in [0.25, 0.3) is 0 Å². The number of nitrogens with zero attached hydrogens (tertiary/aromatic N) is 1. The number of imidazole rings is 1. The lowest BCUT2D eigenvalue weighted by Crippen LogP contribution is -2.46. The molecule has 0 spiro atoms. The molecule has 1 aromatic heterocycles. The average Bonchev–Trinajstić information content (AvgIpc) is 2.89. The van der Waals surface area contributed by atoms with E-state index >= 15 is 0 Å². The van der Waals surface area contributed by atoms with E-state index < -0.39 is 0 Å². The fourth-order valence-electron chi connectivity index (χ4n) is 2.78. The topological polar surface area (TPSA) is 40.7 Å². The summed E-state index contributed by atoms with van der Waals surface area (Å²) < 4.78 is 0. The minimum atomic E-state index is -0.167. The van der Waals surface area contributed by atoms with E-state index in [1.807, 2.05) is 0 Å². The van der Waals surface area contributed by atoms with E-state index in [-0.39, 0.29) is 5.54 Å². The normalized spacial score (nSPS) is 22.8. The second-order valence-corrected chi connectivity index (χ2v) is 5.08. The van der Waals surface area contributed by atoms with Crippen molar-refractivity contribution in [3.05, 3.63) is 53.1 Å². The van der Waals surface area contributed by atoms with Gasteiger partial charge in [0, 0.05) is 18.7 Å². The zero-order valence-corrected chi connectivity index (χ0v) is 11.0. The van der Waals surface area contributed by atoms with Crippen LogP contribution in [0, 0.1) is 0 Å². The van der Waals surface area contributed by atoms with Gasteiger partial charge in [0.1, 0.15) is 0 Å². The minimum Gasteiger partial charge on any atom is -0.348 e. The molecule has 18 heavy (non-hydrogen) atoms. The van der Waals surface area contributed by atoms with Gasteiger partial charge >= 0.3 is 0 Å². The summed E-state index contributed by atoms with van der Waals surface area (Å²) in [6.45, 7) is 5.38. The van der Waals surface area contributed by atoms with Gasteiger partial charge in [-0.25, -0.2) is 4.98 Å². The quantitative estimate of drug-likeness (QED) is 0.847. The number of aromatic nitrogens is 2. The maximum atomic E-state index is 4.51. The highest BCUT2D eigenvalue weighted by atomic mass is 15.1. The van der Waals surface area contributed by atoms with E-state index in [1.165, 1.54) is 16.8 Å². The fraction of sp³-hybridized carbons (Fsp3) is 0.400. The minimum absolute atomic E-state index is 0.167. The monoisotopic (exact) mass is 241 g/mol. The van der Waals surface area contributed by atoms with Crippen molar-refractivity contribution in [2.24, 2.45) is 0 Å². The standard InChI is InChI=1S/C15H19N3/c1-3-11-4-6-12(7-5-11)15(2)14-13(8-9-18-15)16-10-17-14/h4-7,10,18H,3,8-9H2,1-2H3,(H,16,17). The van der Waals surface area contributed by atoms with Crippen molar-refractivity contribution >= 4 is 0 Å². The lowest BCUT2D eigenvalue weighted by atomic mass is 9.84. The van der Waals surface area contributed by atoms with Crippen LogP contribution in [0.5, 0.6) is 0 Å². The molecule has 0 radical (unpaired) electrons. The van der Waals surface area contributed by atoms with Gasteiger partial charge in [-0.15, -0.1) is 0 Å². The number of hydrogen-bond acceptors (Lipinski definition) is 2. The first-order chi connectivity index (χ1) is 8.74. The van der Waals surface area contributed by atoms with Gasteiger partial charge < -0.3 is 10.3 Å². The first-order valence-electron chi connectivity index (χ1n) is 6.61. The highest BCUT2D eigenvalue weighted by Crippen LogP contribution is 2.32. The van der Waals surface area contributed by atoms with Crippen LogP contribution in [-0.4, -0.2) is 16.5 Å². The molecule has 1 aromatic carbocycles. The lowest BCUT2D eigenvalue weighted by molar-refractivity contribution is 0.403. The predicted octanol–water partition coefficient (Wildman–Crippen LogP) is 2.38. The molecule has 1 atom stereocenters. The second-order valence-electron chi connectivity index (χ2n) is 5.08. The van der Waals surface area contributed by atoms with Crippen molar-refractivity contribution in [1.29, 1.82) is 0 Å². The molecule has 0 bridgehead atoms. The Kier molecular flexibility index (Phi) is 2.71. The molecule has 0 saturated carbocycles. The van der Waals surface area contributed by atoms with Crippen molar-refractivity contribution in [1.82, 2.24) is 15.3 Å². The molecule has 0 saturated heterocycles. The maximum absolute atomic E-state index is 4.51. The van der Waals surface area contributed by atoms with Gasteiger partial charge in [0.2, 0.25) is 0 Å². The Bertz CT molecular complexity index is 541. The molecule has 1 aliphatic heterocycles. The van der Waals surface area contributed by atoms with Crippen LogP contribution >= 0.6 is 0 Å². The largest absolute Gasteiger partial charge is 0.348 e. The van der Waals surface area contributed by atoms with Crippen LogP contribution < -0.4 is 5.32 Å². The Morgan fingerprint density at radius 1 is 1.28 bits per heavy atom. The third-order valence-electron chi connectivity index (χ3n) is 3.98. The van der Waals surface area contributed by atoms with E-state index in [0.717, 1.165) is 25.1 Å². The van der Waals surface area contributed by atoms with Crippen LogP contribution in [0.25, 0.3) is 0 Å². The molecule has 2 heterocycles. The van der Waals surface area contributed by atoms with E-state index in [4.69, 9.17) is 0 Å². The number of H-pyrrole nitrogens is 1. The van der Waals surface area contributed by atoms with Gasteiger partial charge in [0.15, 0.2) is 0 Å². The molecule has 1 unspecified atom stereocenters.